The second kappa shape index (κ2) is 5.63. The zero-order valence-electron chi connectivity index (χ0n) is 12.4. The van der Waals surface area contributed by atoms with Crippen LogP contribution in [-0.2, 0) is 32.5 Å². The van der Waals surface area contributed by atoms with Crippen molar-refractivity contribution < 1.29 is 0 Å². The van der Waals surface area contributed by atoms with Crippen LogP contribution in [0.2, 0.25) is 0 Å². The Balaban J connectivity index is 1.50. The second-order valence-electron chi connectivity index (χ2n) is 6.26. The molecule has 2 heteroatoms. The van der Waals surface area contributed by atoms with Crippen molar-refractivity contribution in [2.45, 2.75) is 32.5 Å². The first-order chi connectivity index (χ1) is 10.4. The molecule has 2 nitrogen and oxygen atoms in total. The number of nitrogens with one attached hydrogen (secondary N) is 1. The quantitative estimate of drug-likeness (QED) is 0.908. The summed E-state index contributed by atoms with van der Waals surface area (Å²) in [6.45, 7) is 5.49. The van der Waals surface area contributed by atoms with Crippen LogP contribution in [0.4, 0.5) is 0 Å². The Hall–Kier alpha value is -1.64. The highest BCUT2D eigenvalue weighted by atomic mass is 15.1. The van der Waals surface area contributed by atoms with Gasteiger partial charge in [-0.2, -0.15) is 0 Å². The molecule has 2 aliphatic rings. The van der Waals surface area contributed by atoms with Gasteiger partial charge in [0.25, 0.3) is 0 Å². The third-order valence-electron chi connectivity index (χ3n) is 4.77. The average molecular weight is 278 g/mol. The molecule has 0 saturated carbocycles. The van der Waals surface area contributed by atoms with E-state index in [1.165, 1.54) is 47.2 Å². The Morgan fingerprint density at radius 3 is 2.71 bits per heavy atom. The van der Waals surface area contributed by atoms with Gasteiger partial charge in [0.1, 0.15) is 0 Å². The molecule has 0 aliphatic carbocycles. The maximum absolute atomic E-state index is 3.47. The van der Waals surface area contributed by atoms with Gasteiger partial charge in [0.05, 0.1) is 0 Å². The van der Waals surface area contributed by atoms with Crippen molar-refractivity contribution in [2.75, 3.05) is 13.1 Å². The standard InChI is InChI=1S/C19H22N2/c1-2-4-18-14-21(10-8-16(18)3-1)13-15-5-6-17-7-9-20-12-19(17)11-15/h1-6,11,20H,7-10,12-14H2. The molecular weight excluding hydrogens is 256 g/mol. The van der Waals surface area contributed by atoms with Gasteiger partial charge >= 0.3 is 0 Å². The van der Waals surface area contributed by atoms with Gasteiger partial charge in [-0.1, -0.05) is 42.5 Å². The lowest BCUT2D eigenvalue weighted by molar-refractivity contribution is 0.245. The van der Waals surface area contributed by atoms with Gasteiger partial charge in [0.15, 0.2) is 0 Å². The maximum Gasteiger partial charge on any atom is 0.0240 e. The Morgan fingerprint density at radius 1 is 0.905 bits per heavy atom. The first-order valence-electron chi connectivity index (χ1n) is 7.99. The summed E-state index contributed by atoms with van der Waals surface area (Å²) >= 11 is 0. The van der Waals surface area contributed by atoms with Crippen molar-refractivity contribution in [1.82, 2.24) is 10.2 Å². The SMILES string of the molecule is c1ccc2c(c1)CCN(Cc1ccc3c(c1)CNCC3)C2. The highest BCUT2D eigenvalue weighted by Gasteiger charge is 2.16. The van der Waals surface area contributed by atoms with E-state index in [1.54, 1.807) is 0 Å². The van der Waals surface area contributed by atoms with E-state index in [9.17, 15) is 0 Å². The van der Waals surface area contributed by atoms with Crippen molar-refractivity contribution in [3.8, 4) is 0 Å². The lowest BCUT2D eigenvalue weighted by atomic mass is 9.97. The molecular formula is C19H22N2. The lowest BCUT2D eigenvalue weighted by Gasteiger charge is -2.29. The molecule has 0 bridgehead atoms. The maximum atomic E-state index is 3.47. The Kier molecular flexibility index (Phi) is 3.50. The molecule has 21 heavy (non-hydrogen) atoms. The third kappa shape index (κ3) is 2.74. The topological polar surface area (TPSA) is 15.3 Å². The molecule has 0 aromatic heterocycles. The minimum Gasteiger partial charge on any atom is -0.312 e. The van der Waals surface area contributed by atoms with E-state index < -0.39 is 0 Å². The van der Waals surface area contributed by atoms with Crippen LogP contribution in [0.15, 0.2) is 42.5 Å². The molecule has 2 aromatic carbocycles. The molecule has 0 atom stereocenters. The number of nitrogens with zero attached hydrogens (tertiary/aromatic N) is 1. The second-order valence-corrected chi connectivity index (χ2v) is 6.26. The summed E-state index contributed by atoms with van der Waals surface area (Å²) in [7, 11) is 0. The smallest absolute Gasteiger partial charge is 0.0240 e. The van der Waals surface area contributed by atoms with Crippen LogP contribution in [0.25, 0.3) is 0 Å². The van der Waals surface area contributed by atoms with Gasteiger partial charge in [0, 0.05) is 26.2 Å². The zero-order chi connectivity index (χ0) is 14.1. The largest absolute Gasteiger partial charge is 0.312 e. The predicted molar refractivity (Wildman–Crippen MR) is 86.1 cm³/mol. The van der Waals surface area contributed by atoms with Gasteiger partial charge < -0.3 is 5.32 Å². The van der Waals surface area contributed by atoms with Crippen LogP contribution in [0.5, 0.6) is 0 Å². The summed E-state index contributed by atoms with van der Waals surface area (Å²) in [6, 6.07) is 15.9. The molecule has 1 N–H and O–H groups in total. The average Bonchev–Trinajstić information content (AvgIpc) is 2.55. The van der Waals surface area contributed by atoms with Gasteiger partial charge in [-0.15, -0.1) is 0 Å². The zero-order valence-corrected chi connectivity index (χ0v) is 12.4. The van der Waals surface area contributed by atoms with Crippen molar-refractivity contribution in [3.05, 3.63) is 70.3 Å². The van der Waals surface area contributed by atoms with Gasteiger partial charge in [0.2, 0.25) is 0 Å². The van der Waals surface area contributed by atoms with Gasteiger partial charge in [-0.3, -0.25) is 4.90 Å². The normalized spacial score (nSPS) is 18.1. The van der Waals surface area contributed by atoms with E-state index in [2.05, 4.69) is 52.7 Å². The molecule has 0 radical (unpaired) electrons. The molecule has 108 valence electrons. The molecule has 0 unspecified atom stereocenters. The van der Waals surface area contributed by atoms with Crippen LogP contribution in [0, 0.1) is 0 Å². The summed E-state index contributed by atoms with van der Waals surface area (Å²) in [5.74, 6) is 0. The predicted octanol–water partition coefficient (Wildman–Crippen LogP) is 2.89. The molecule has 0 amide bonds. The van der Waals surface area contributed by atoms with Crippen LogP contribution in [0.3, 0.4) is 0 Å². The minimum atomic E-state index is 1.03. The number of hydrogen-bond acceptors (Lipinski definition) is 2. The Labute approximate surface area is 126 Å². The number of rotatable bonds is 2. The fraction of sp³-hybridized carbons (Fsp3) is 0.368. The van der Waals surface area contributed by atoms with E-state index in [0.29, 0.717) is 0 Å². The first-order valence-corrected chi connectivity index (χ1v) is 7.99. The number of hydrogen-bond donors (Lipinski definition) is 1. The summed E-state index contributed by atoms with van der Waals surface area (Å²) in [5, 5.41) is 3.47. The highest BCUT2D eigenvalue weighted by molar-refractivity contribution is 5.34. The first kappa shape index (κ1) is 13.1. The summed E-state index contributed by atoms with van der Waals surface area (Å²) in [4.78, 5) is 2.57. The fourth-order valence-corrected chi connectivity index (χ4v) is 3.58. The monoisotopic (exact) mass is 278 g/mol. The van der Waals surface area contributed by atoms with Crippen molar-refractivity contribution >= 4 is 0 Å². The van der Waals surface area contributed by atoms with Crippen LogP contribution >= 0.6 is 0 Å². The van der Waals surface area contributed by atoms with Crippen LogP contribution < -0.4 is 5.32 Å². The van der Waals surface area contributed by atoms with Crippen molar-refractivity contribution in [3.63, 3.8) is 0 Å². The van der Waals surface area contributed by atoms with E-state index in [4.69, 9.17) is 0 Å². The molecule has 2 heterocycles. The highest BCUT2D eigenvalue weighted by Crippen LogP contribution is 2.22. The number of fused-ring (bicyclic) bond motifs is 2. The molecule has 0 fully saturated rings. The molecule has 2 aliphatic heterocycles. The van der Waals surface area contributed by atoms with Crippen molar-refractivity contribution in [2.24, 2.45) is 0 Å². The Bertz CT molecular complexity index is 648. The van der Waals surface area contributed by atoms with E-state index in [1.807, 2.05) is 0 Å². The fourth-order valence-electron chi connectivity index (χ4n) is 3.58. The summed E-state index contributed by atoms with van der Waals surface area (Å²) < 4.78 is 0. The number of benzene rings is 2. The van der Waals surface area contributed by atoms with Crippen LogP contribution in [0.1, 0.15) is 27.8 Å². The molecule has 0 saturated heterocycles. The minimum absolute atomic E-state index is 1.03. The molecule has 2 aromatic rings. The molecule has 0 spiro atoms. The van der Waals surface area contributed by atoms with Gasteiger partial charge in [-0.05, 0) is 47.2 Å². The van der Waals surface area contributed by atoms with Crippen molar-refractivity contribution in [1.29, 1.82) is 0 Å². The third-order valence-corrected chi connectivity index (χ3v) is 4.77. The summed E-state index contributed by atoms with van der Waals surface area (Å²) in [6.07, 6.45) is 2.36. The van der Waals surface area contributed by atoms with E-state index in [0.717, 1.165) is 26.2 Å². The van der Waals surface area contributed by atoms with Gasteiger partial charge in [-0.25, -0.2) is 0 Å². The molecule has 4 rings (SSSR count). The van der Waals surface area contributed by atoms with E-state index >= 15 is 0 Å². The Morgan fingerprint density at radius 2 is 1.76 bits per heavy atom. The van der Waals surface area contributed by atoms with Crippen LogP contribution in [-0.4, -0.2) is 18.0 Å². The summed E-state index contributed by atoms with van der Waals surface area (Å²) in [5.41, 5.74) is 7.52. The lowest BCUT2D eigenvalue weighted by Crippen LogP contribution is -2.30. The van der Waals surface area contributed by atoms with E-state index in [-0.39, 0.29) is 0 Å².